The summed E-state index contributed by atoms with van der Waals surface area (Å²) < 4.78 is 36.4. The van der Waals surface area contributed by atoms with Crippen LogP contribution in [0.15, 0.2) is 18.2 Å². The van der Waals surface area contributed by atoms with Gasteiger partial charge in [0.2, 0.25) is 5.91 Å². The number of carbonyl (C=O) groups excluding carboxylic acids is 1. The van der Waals surface area contributed by atoms with Crippen LogP contribution in [-0.4, -0.2) is 18.6 Å². The number of benzene rings is 1. The first-order valence-electron chi connectivity index (χ1n) is 5.12. The van der Waals surface area contributed by atoms with Crippen molar-refractivity contribution in [1.29, 1.82) is 0 Å². The molecule has 3 nitrogen and oxygen atoms in total. The molecule has 0 aromatic heterocycles. The number of alkyl halides is 3. The van der Waals surface area contributed by atoms with E-state index in [-0.39, 0.29) is 6.54 Å². The van der Waals surface area contributed by atoms with Crippen LogP contribution in [0.4, 0.5) is 24.5 Å². The van der Waals surface area contributed by atoms with Crippen LogP contribution in [0.1, 0.15) is 12.0 Å². The highest BCUT2D eigenvalue weighted by molar-refractivity contribution is 5.96. The van der Waals surface area contributed by atoms with Gasteiger partial charge in [-0.2, -0.15) is 13.2 Å². The summed E-state index contributed by atoms with van der Waals surface area (Å²) in [5, 5.41) is 0. The molecule has 6 heteroatoms. The van der Waals surface area contributed by atoms with Crippen LogP contribution >= 0.6 is 0 Å². The molecule has 0 spiro atoms. The van der Waals surface area contributed by atoms with Crippen molar-refractivity contribution in [2.24, 2.45) is 0 Å². The van der Waals surface area contributed by atoms with E-state index in [0.29, 0.717) is 17.8 Å². The largest absolute Gasteiger partial charge is 0.399 e. The second-order valence-corrected chi connectivity index (χ2v) is 3.98. The van der Waals surface area contributed by atoms with Gasteiger partial charge in [-0.05, 0) is 24.1 Å². The van der Waals surface area contributed by atoms with Crippen molar-refractivity contribution >= 4 is 17.3 Å². The lowest BCUT2D eigenvalue weighted by atomic mass is 10.1. The molecule has 0 bridgehead atoms. The fourth-order valence-corrected chi connectivity index (χ4v) is 1.92. The SMILES string of the molecule is Nc1ccc2c(c1)N(C(=O)CC(F)(F)F)CC2. The second kappa shape index (κ2) is 3.94. The van der Waals surface area contributed by atoms with Gasteiger partial charge in [0.1, 0.15) is 6.42 Å². The summed E-state index contributed by atoms with van der Waals surface area (Å²) >= 11 is 0. The Morgan fingerprint density at radius 3 is 2.76 bits per heavy atom. The Morgan fingerprint density at radius 2 is 2.12 bits per heavy atom. The molecule has 1 amide bonds. The summed E-state index contributed by atoms with van der Waals surface area (Å²) in [7, 11) is 0. The van der Waals surface area contributed by atoms with Gasteiger partial charge in [-0.25, -0.2) is 0 Å². The van der Waals surface area contributed by atoms with Crippen molar-refractivity contribution in [1.82, 2.24) is 0 Å². The Balaban J connectivity index is 2.22. The Labute approximate surface area is 96.0 Å². The molecule has 1 aromatic rings. The maximum Gasteiger partial charge on any atom is 0.397 e. The number of hydrogen-bond acceptors (Lipinski definition) is 2. The molecular formula is C11H11F3N2O. The van der Waals surface area contributed by atoms with Gasteiger partial charge in [-0.15, -0.1) is 0 Å². The van der Waals surface area contributed by atoms with Gasteiger partial charge in [-0.1, -0.05) is 6.07 Å². The maximum atomic E-state index is 12.1. The summed E-state index contributed by atoms with van der Waals surface area (Å²) in [5.74, 6) is -0.929. The van der Waals surface area contributed by atoms with Crippen LogP contribution in [0.3, 0.4) is 0 Å². The summed E-state index contributed by atoms with van der Waals surface area (Å²) in [5.41, 5.74) is 7.36. The van der Waals surface area contributed by atoms with Crippen LogP contribution in [0.5, 0.6) is 0 Å². The van der Waals surface area contributed by atoms with Crippen molar-refractivity contribution in [2.75, 3.05) is 17.2 Å². The normalized spacial score (nSPS) is 14.9. The fraction of sp³-hybridized carbons (Fsp3) is 0.364. The summed E-state index contributed by atoms with van der Waals surface area (Å²) in [4.78, 5) is 12.7. The minimum Gasteiger partial charge on any atom is -0.399 e. The van der Waals surface area contributed by atoms with Crippen LogP contribution in [0.25, 0.3) is 0 Å². The van der Waals surface area contributed by atoms with E-state index in [0.717, 1.165) is 10.5 Å². The zero-order valence-electron chi connectivity index (χ0n) is 8.92. The Kier molecular flexibility index (Phi) is 2.73. The molecule has 2 rings (SSSR count). The van der Waals surface area contributed by atoms with E-state index in [1.807, 2.05) is 0 Å². The number of halogens is 3. The molecule has 1 aliphatic rings. The molecule has 92 valence electrons. The standard InChI is InChI=1S/C11H11F3N2O/c12-11(13,14)6-10(17)16-4-3-7-1-2-8(15)5-9(7)16/h1-2,5H,3-4,6,15H2. The zero-order valence-corrected chi connectivity index (χ0v) is 8.92. The topological polar surface area (TPSA) is 46.3 Å². The summed E-state index contributed by atoms with van der Waals surface area (Å²) in [6, 6.07) is 4.96. The average Bonchev–Trinajstić information content (AvgIpc) is 2.57. The third kappa shape index (κ3) is 2.51. The molecule has 2 N–H and O–H groups in total. The first kappa shape index (κ1) is 11.8. The van der Waals surface area contributed by atoms with E-state index in [1.54, 1.807) is 12.1 Å². The Morgan fingerprint density at radius 1 is 1.41 bits per heavy atom. The van der Waals surface area contributed by atoms with Crippen molar-refractivity contribution in [3.63, 3.8) is 0 Å². The molecule has 17 heavy (non-hydrogen) atoms. The lowest BCUT2D eigenvalue weighted by molar-refractivity contribution is -0.151. The minimum absolute atomic E-state index is 0.285. The van der Waals surface area contributed by atoms with E-state index in [1.165, 1.54) is 6.07 Å². The number of nitrogens with zero attached hydrogens (tertiary/aromatic N) is 1. The van der Waals surface area contributed by atoms with Gasteiger partial charge in [0.25, 0.3) is 0 Å². The van der Waals surface area contributed by atoms with E-state index in [2.05, 4.69) is 0 Å². The fourth-order valence-electron chi connectivity index (χ4n) is 1.92. The van der Waals surface area contributed by atoms with Gasteiger partial charge in [-0.3, -0.25) is 4.79 Å². The zero-order chi connectivity index (χ0) is 12.6. The quantitative estimate of drug-likeness (QED) is 0.769. The van der Waals surface area contributed by atoms with Gasteiger partial charge in [0.15, 0.2) is 0 Å². The monoisotopic (exact) mass is 244 g/mol. The number of carbonyl (C=O) groups is 1. The van der Waals surface area contributed by atoms with Crippen molar-refractivity contribution in [3.8, 4) is 0 Å². The van der Waals surface area contributed by atoms with Crippen LogP contribution < -0.4 is 10.6 Å². The first-order valence-corrected chi connectivity index (χ1v) is 5.12. The molecule has 1 aromatic carbocycles. The predicted octanol–water partition coefficient (Wildman–Crippen LogP) is 2.11. The van der Waals surface area contributed by atoms with Gasteiger partial charge < -0.3 is 10.6 Å². The molecule has 0 radical (unpaired) electrons. The van der Waals surface area contributed by atoms with Crippen LogP contribution in [0, 0.1) is 0 Å². The van der Waals surface area contributed by atoms with Crippen molar-refractivity contribution in [3.05, 3.63) is 23.8 Å². The molecule has 0 unspecified atom stereocenters. The van der Waals surface area contributed by atoms with Crippen molar-refractivity contribution < 1.29 is 18.0 Å². The van der Waals surface area contributed by atoms with Gasteiger partial charge in [0.05, 0.1) is 0 Å². The lowest BCUT2D eigenvalue weighted by Crippen LogP contribution is -2.32. The predicted molar refractivity (Wildman–Crippen MR) is 57.6 cm³/mol. The number of amides is 1. The molecule has 1 aliphatic heterocycles. The third-order valence-corrected chi connectivity index (χ3v) is 2.66. The lowest BCUT2D eigenvalue weighted by Gasteiger charge is -2.18. The highest BCUT2D eigenvalue weighted by atomic mass is 19.4. The molecule has 0 atom stereocenters. The van der Waals surface area contributed by atoms with E-state index in [4.69, 9.17) is 5.73 Å². The third-order valence-electron chi connectivity index (χ3n) is 2.66. The number of nitrogen functional groups attached to an aromatic ring is 1. The van der Waals surface area contributed by atoms with Crippen LogP contribution in [-0.2, 0) is 11.2 Å². The van der Waals surface area contributed by atoms with E-state index in [9.17, 15) is 18.0 Å². The van der Waals surface area contributed by atoms with E-state index >= 15 is 0 Å². The number of anilines is 2. The maximum absolute atomic E-state index is 12.1. The number of rotatable bonds is 1. The van der Waals surface area contributed by atoms with E-state index < -0.39 is 18.5 Å². The Hall–Kier alpha value is -1.72. The first-order chi connectivity index (χ1) is 7.87. The highest BCUT2D eigenvalue weighted by Gasteiger charge is 2.35. The van der Waals surface area contributed by atoms with Gasteiger partial charge in [0, 0.05) is 17.9 Å². The summed E-state index contributed by atoms with van der Waals surface area (Å²) in [6.07, 6.45) is -5.33. The molecule has 0 saturated carbocycles. The highest BCUT2D eigenvalue weighted by Crippen LogP contribution is 2.32. The molecule has 1 heterocycles. The molecule has 0 fully saturated rings. The molecule has 0 saturated heterocycles. The number of fused-ring (bicyclic) bond motifs is 1. The number of hydrogen-bond donors (Lipinski definition) is 1. The minimum atomic E-state index is -4.47. The van der Waals surface area contributed by atoms with Gasteiger partial charge >= 0.3 is 6.18 Å². The Bertz CT molecular complexity index is 457. The van der Waals surface area contributed by atoms with Crippen LogP contribution in [0.2, 0.25) is 0 Å². The summed E-state index contributed by atoms with van der Waals surface area (Å²) in [6.45, 7) is 0.285. The molecule has 0 aliphatic carbocycles. The molecular weight excluding hydrogens is 233 g/mol. The van der Waals surface area contributed by atoms with Crippen molar-refractivity contribution in [2.45, 2.75) is 19.0 Å². The second-order valence-electron chi connectivity index (χ2n) is 3.98. The smallest absolute Gasteiger partial charge is 0.397 e. The number of nitrogens with two attached hydrogens (primary N) is 1. The average molecular weight is 244 g/mol.